The molecular formula is C19H14Cl2F3N7O2S. The molecule has 0 aliphatic carbocycles. The van der Waals surface area contributed by atoms with E-state index in [0.29, 0.717) is 16.6 Å². The van der Waals surface area contributed by atoms with Crippen LogP contribution in [0.2, 0.25) is 0 Å². The molecule has 0 atom stereocenters. The number of halogens is 5. The fourth-order valence-corrected chi connectivity index (χ4v) is 3.66. The molecule has 4 aromatic rings. The third-order valence-corrected chi connectivity index (χ3v) is 5.32. The highest BCUT2D eigenvalue weighted by atomic mass is 35.5. The fourth-order valence-electron chi connectivity index (χ4n) is 2.72. The van der Waals surface area contributed by atoms with Gasteiger partial charge in [-0.05, 0) is 40.7 Å². The minimum atomic E-state index is -4.56. The number of rotatable bonds is 5. The van der Waals surface area contributed by atoms with Crippen LogP contribution in [0.1, 0.15) is 32.1 Å². The number of carbonyl (C=O) groups excluding carboxylic acids is 2. The van der Waals surface area contributed by atoms with E-state index in [1.165, 1.54) is 28.4 Å². The Labute approximate surface area is 204 Å². The van der Waals surface area contributed by atoms with Gasteiger partial charge in [0.15, 0.2) is 11.5 Å². The fraction of sp³-hybridized carbons (Fsp3) is 0.158. The summed E-state index contributed by atoms with van der Waals surface area (Å²) in [4.78, 5) is 36.3. The van der Waals surface area contributed by atoms with E-state index in [0.717, 1.165) is 12.3 Å². The number of fused-ring (bicyclic) bond motifs is 1. The van der Waals surface area contributed by atoms with Crippen molar-refractivity contribution in [2.24, 2.45) is 7.05 Å². The summed E-state index contributed by atoms with van der Waals surface area (Å²) >= 11 is 12.1. The molecular weight excluding hydrogens is 518 g/mol. The number of carbonyl (C=O) groups is 2. The van der Waals surface area contributed by atoms with Gasteiger partial charge in [-0.1, -0.05) is 0 Å². The summed E-state index contributed by atoms with van der Waals surface area (Å²) in [5.41, 5.74) is 0.493. The Morgan fingerprint density at radius 1 is 1.21 bits per heavy atom. The molecule has 9 nitrogen and oxygen atoms in total. The number of hydrogen-bond acceptors (Lipinski definition) is 8. The number of hydrogen-bond donors (Lipinski definition) is 2. The van der Waals surface area contributed by atoms with E-state index in [9.17, 15) is 22.8 Å². The Morgan fingerprint density at radius 3 is 2.56 bits per heavy atom. The lowest BCUT2D eigenvalue weighted by Crippen LogP contribution is -2.25. The van der Waals surface area contributed by atoms with Gasteiger partial charge in [0.05, 0.1) is 0 Å². The molecule has 0 saturated carbocycles. The highest BCUT2D eigenvalue weighted by Gasteiger charge is 2.32. The number of nitrogens with zero attached hydrogens (tertiary/aromatic N) is 5. The summed E-state index contributed by atoms with van der Waals surface area (Å²) in [5, 5.41) is 9.74. The largest absolute Gasteiger partial charge is 0.433 e. The average molecular weight is 532 g/mol. The van der Waals surface area contributed by atoms with Crippen molar-refractivity contribution >= 4 is 62.7 Å². The average Bonchev–Trinajstić information content (AvgIpc) is 3.46. The normalized spacial score (nSPS) is 11.0. The smallest absolute Gasteiger partial charge is 0.347 e. The number of aryl methyl sites for hydroxylation is 1. The van der Waals surface area contributed by atoms with E-state index in [2.05, 4.69) is 30.2 Å². The molecule has 1 amide bonds. The summed E-state index contributed by atoms with van der Waals surface area (Å²) in [5.74, 6) is -0.337. The predicted octanol–water partition coefficient (Wildman–Crippen LogP) is 4.40. The lowest BCUT2D eigenvalue weighted by molar-refractivity contribution is -0.141. The molecule has 4 rings (SSSR count). The molecule has 0 spiro atoms. The first kappa shape index (κ1) is 25.3. The summed E-state index contributed by atoms with van der Waals surface area (Å²) < 4.78 is 39.5. The van der Waals surface area contributed by atoms with Crippen LogP contribution in [-0.4, -0.2) is 35.9 Å². The van der Waals surface area contributed by atoms with Crippen LogP contribution in [0, 0.1) is 0 Å². The van der Waals surface area contributed by atoms with Gasteiger partial charge >= 0.3 is 6.18 Å². The zero-order chi connectivity index (χ0) is 24.9. The van der Waals surface area contributed by atoms with Crippen LogP contribution in [0.3, 0.4) is 0 Å². The second-order valence-electron chi connectivity index (χ2n) is 6.50. The SMILES string of the molecule is Cn1nc(NCl)c2ncnc(C(=O)NCc3ccnc(C(F)(F)F)c3)c21.O=C(Cl)c1ccsc1. The highest BCUT2D eigenvalue weighted by molar-refractivity contribution is 7.08. The summed E-state index contributed by atoms with van der Waals surface area (Å²) in [6.07, 6.45) is -2.35. The topological polar surface area (TPSA) is 115 Å². The van der Waals surface area contributed by atoms with Crippen LogP contribution in [0.5, 0.6) is 0 Å². The zero-order valence-corrected chi connectivity index (χ0v) is 19.4. The first-order valence-electron chi connectivity index (χ1n) is 9.18. The maximum atomic E-state index is 12.7. The van der Waals surface area contributed by atoms with Gasteiger partial charge in [0, 0.05) is 42.5 Å². The number of alkyl halides is 3. The molecule has 0 aliphatic heterocycles. The number of amides is 1. The van der Waals surface area contributed by atoms with Crippen molar-refractivity contribution in [3.63, 3.8) is 0 Å². The van der Waals surface area contributed by atoms with Gasteiger partial charge in [0.2, 0.25) is 0 Å². The van der Waals surface area contributed by atoms with Crippen LogP contribution in [-0.2, 0) is 19.8 Å². The Kier molecular flexibility index (Phi) is 8.02. The third kappa shape index (κ3) is 5.98. The van der Waals surface area contributed by atoms with E-state index in [1.807, 2.05) is 5.38 Å². The first-order chi connectivity index (χ1) is 16.1. The van der Waals surface area contributed by atoms with Crippen molar-refractivity contribution in [3.8, 4) is 0 Å². The summed E-state index contributed by atoms with van der Waals surface area (Å²) in [7, 11) is 1.58. The second kappa shape index (κ2) is 10.8. The first-order valence-corrected chi connectivity index (χ1v) is 10.9. The second-order valence-corrected chi connectivity index (χ2v) is 7.81. The standard InChI is InChI=1S/C14H11ClF3N7O.C5H3ClOS/c1-25-11-9(12(23-15)24-25)21-6-22-10(11)13(26)20-5-7-2-3-19-8(4-7)14(16,17)18;6-5(7)4-1-2-8-3-4/h2-4,6H,5H2,1H3,(H,20,26)(H,23,24);1-3H. The Hall–Kier alpha value is -3.29. The predicted molar refractivity (Wildman–Crippen MR) is 121 cm³/mol. The van der Waals surface area contributed by atoms with Crippen molar-refractivity contribution in [3.05, 3.63) is 64.0 Å². The molecule has 0 fully saturated rings. The van der Waals surface area contributed by atoms with Crippen molar-refractivity contribution in [2.45, 2.75) is 12.7 Å². The highest BCUT2D eigenvalue weighted by Crippen LogP contribution is 2.27. The molecule has 0 unspecified atom stereocenters. The molecule has 4 heterocycles. The number of nitrogens with one attached hydrogen (secondary N) is 2. The van der Waals surface area contributed by atoms with Crippen molar-refractivity contribution in [1.29, 1.82) is 0 Å². The maximum absolute atomic E-state index is 12.7. The van der Waals surface area contributed by atoms with Gasteiger partial charge in [-0.25, -0.2) is 9.97 Å². The number of anilines is 1. The quantitative estimate of drug-likeness (QED) is 0.289. The maximum Gasteiger partial charge on any atom is 0.433 e. The van der Waals surface area contributed by atoms with Crippen LogP contribution in [0.25, 0.3) is 11.0 Å². The third-order valence-electron chi connectivity index (χ3n) is 4.24. The molecule has 2 N–H and O–H groups in total. The molecule has 4 aromatic heterocycles. The minimum absolute atomic E-state index is 0.0215. The van der Waals surface area contributed by atoms with Crippen molar-refractivity contribution in [1.82, 2.24) is 30.0 Å². The summed E-state index contributed by atoms with van der Waals surface area (Å²) in [6.45, 7) is -0.131. The van der Waals surface area contributed by atoms with E-state index in [4.69, 9.17) is 23.4 Å². The molecule has 0 bridgehead atoms. The molecule has 0 radical (unpaired) electrons. The van der Waals surface area contributed by atoms with E-state index < -0.39 is 17.8 Å². The van der Waals surface area contributed by atoms with Crippen LogP contribution < -0.4 is 10.2 Å². The van der Waals surface area contributed by atoms with E-state index >= 15 is 0 Å². The molecule has 178 valence electrons. The minimum Gasteiger partial charge on any atom is -0.347 e. The molecule has 15 heteroatoms. The molecule has 0 saturated heterocycles. The van der Waals surface area contributed by atoms with Crippen LogP contribution >= 0.6 is 34.7 Å². The van der Waals surface area contributed by atoms with Gasteiger partial charge in [0.25, 0.3) is 11.1 Å². The van der Waals surface area contributed by atoms with Gasteiger partial charge in [-0.3, -0.25) is 24.1 Å². The lowest BCUT2D eigenvalue weighted by Gasteiger charge is -2.09. The summed E-state index contributed by atoms with van der Waals surface area (Å²) in [6, 6.07) is 3.94. The van der Waals surface area contributed by atoms with E-state index in [-0.39, 0.29) is 28.9 Å². The van der Waals surface area contributed by atoms with Gasteiger partial charge in [-0.15, -0.1) is 0 Å². The Morgan fingerprint density at radius 2 is 1.97 bits per heavy atom. The van der Waals surface area contributed by atoms with Gasteiger partial charge < -0.3 is 5.32 Å². The molecule has 0 aliphatic rings. The number of thiophene rings is 1. The van der Waals surface area contributed by atoms with Crippen molar-refractivity contribution in [2.75, 3.05) is 4.84 Å². The number of pyridine rings is 1. The van der Waals surface area contributed by atoms with Gasteiger partial charge in [-0.2, -0.15) is 29.6 Å². The molecule has 0 aromatic carbocycles. The van der Waals surface area contributed by atoms with E-state index in [1.54, 1.807) is 18.5 Å². The van der Waals surface area contributed by atoms with Crippen molar-refractivity contribution < 1.29 is 22.8 Å². The Bertz CT molecular complexity index is 1310. The Balaban J connectivity index is 0.000000343. The van der Waals surface area contributed by atoms with Crippen LogP contribution in [0.15, 0.2) is 41.5 Å². The van der Waals surface area contributed by atoms with Crippen LogP contribution in [0.4, 0.5) is 19.0 Å². The number of aromatic nitrogens is 5. The monoisotopic (exact) mass is 531 g/mol. The lowest BCUT2D eigenvalue weighted by atomic mass is 10.2. The zero-order valence-electron chi connectivity index (χ0n) is 17.1. The molecule has 34 heavy (non-hydrogen) atoms. The van der Waals surface area contributed by atoms with Gasteiger partial charge in [0.1, 0.15) is 23.1 Å².